The van der Waals surface area contributed by atoms with Gasteiger partial charge in [0.15, 0.2) is 5.96 Å². The fourth-order valence-electron chi connectivity index (χ4n) is 2.83. The summed E-state index contributed by atoms with van der Waals surface area (Å²) in [6.07, 6.45) is 2.08. The van der Waals surface area contributed by atoms with Crippen LogP contribution in [0.15, 0.2) is 23.3 Å². The van der Waals surface area contributed by atoms with Gasteiger partial charge in [0.25, 0.3) is 0 Å². The zero-order valence-corrected chi connectivity index (χ0v) is 16.0. The lowest BCUT2D eigenvalue weighted by Gasteiger charge is -2.30. The van der Waals surface area contributed by atoms with E-state index >= 15 is 0 Å². The minimum absolute atomic E-state index is 0.550. The van der Waals surface area contributed by atoms with Crippen molar-refractivity contribution in [1.29, 1.82) is 0 Å². The van der Waals surface area contributed by atoms with E-state index in [1.807, 2.05) is 0 Å². The average molecular weight is 322 g/mol. The molecule has 1 rings (SSSR count). The highest BCUT2D eigenvalue weighted by molar-refractivity contribution is 5.79. The number of rotatable bonds is 8. The first-order chi connectivity index (χ1) is 10.9. The molecule has 0 fully saturated rings. The Balaban J connectivity index is 2.67. The second kappa shape index (κ2) is 9.60. The zero-order valence-electron chi connectivity index (χ0n) is 16.0. The fraction of sp³-hybridized carbons (Fsp3) is 0.722. The maximum Gasteiger partial charge on any atom is 0.194 e. The van der Waals surface area contributed by atoms with Crippen LogP contribution in [0.2, 0.25) is 0 Å². The number of nitrogens with one attached hydrogen (secondary N) is 1. The monoisotopic (exact) mass is 321 g/mol. The molecule has 5 heteroatoms. The molecule has 0 radical (unpaired) electrons. The summed E-state index contributed by atoms with van der Waals surface area (Å²) in [5, 5.41) is 3.39. The van der Waals surface area contributed by atoms with Gasteiger partial charge in [0.1, 0.15) is 0 Å². The van der Waals surface area contributed by atoms with Crippen LogP contribution in [0.25, 0.3) is 0 Å². The Kier molecular flexibility index (Phi) is 8.17. The Labute approximate surface area is 142 Å². The Bertz CT molecular complexity index is 468. The van der Waals surface area contributed by atoms with E-state index in [1.165, 1.54) is 5.69 Å². The van der Waals surface area contributed by atoms with Crippen molar-refractivity contribution in [3.8, 4) is 0 Å². The Morgan fingerprint density at radius 3 is 2.39 bits per heavy atom. The largest absolute Gasteiger partial charge is 0.357 e. The van der Waals surface area contributed by atoms with Gasteiger partial charge in [-0.3, -0.25) is 9.89 Å². The molecule has 0 bridgehead atoms. The fourth-order valence-corrected chi connectivity index (χ4v) is 2.83. The highest BCUT2D eigenvalue weighted by atomic mass is 15.3. The molecular weight excluding hydrogens is 286 g/mol. The SMILES string of the molecule is CCNC(=NCCN(C(C)C)C(C)C)N(C)Cc1cccn1C. The van der Waals surface area contributed by atoms with E-state index in [0.29, 0.717) is 12.1 Å². The molecule has 0 aromatic carbocycles. The lowest BCUT2D eigenvalue weighted by molar-refractivity contribution is 0.180. The highest BCUT2D eigenvalue weighted by Gasteiger charge is 2.13. The van der Waals surface area contributed by atoms with E-state index in [2.05, 4.69) is 86.7 Å². The lowest BCUT2D eigenvalue weighted by Crippen LogP contribution is -2.41. The van der Waals surface area contributed by atoms with Crippen LogP contribution in [0.3, 0.4) is 0 Å². The molecule has 0 spiro atoms. The minimum Gasteiger partial charge on any atom is -0.357 e. The second-order valence-corrected chi connectivity index (χ2v) is 6.63. The molecule has 23 heavy (non-hydrogen) atoms. The first-order valence-corrected chi connectivity index (χ1v) is 8.72. The number of aromatic nitrogens is 1. The maximum absolute atomic E-state index is 4.81. The first kappa shape index (κ1) is 19.6. The Morgan fingerprint density at radius 2 is 1.91 bits per heavy atom. The molecule has 0 amide bonds. The van der Waals surface area contributed by atoms with Gasteiger partial charge < -0.3 is 14.8 Å². The minimum atomic E-state index is 0.550. The molecule has 1 aromatic heterocycles. The standard InChI is InChI=1S/C18H35N5/c1-8-19-18(20-11-13-23(15(2)3)16(4)5)22(7)14-17-10-9-12-21(17)6/h9-10,12,15-16H,8,11,13-14H2,1-7H3,(H,19,20). The summed E-state index contributed by atoms with van der Waals surface area (Å²) in [7, 11) is 4.17. The molecule has 5 nitrogen and oxygen atoms in total. The number of hydrogen-bond acceptors (Lipinski definition) is 2. The third-order valence-electron chi connectivity index (χ3n) is 4.09. The Morgan fingerprint density at radius 1 is 1.26 bits per heavy atom. The predicted octanol–water partition coefficient (Wildman–Crippen LogP) is 2.54. The van der Waals surface area contributed by atoms with Gasteiger partial charge in [0.2, 0.25) is 0 Å². The van der Waals surface area contributed by atoms with E-state index < -0.39 is 0 Å². The number of guanidine groups is 1. The van der Waals surface area contributed by atoms with Gasteiger partial charge in [0, 0.05) is 51.2 Å². The van der Waals surface area contributed by atoms with Crippen molar-refractivity contribution in [1.82, 2.24) is 19.7 Å². The Hall–Kier alpha value is -1.49. The molecule has 0 saturated carbocycles. The molecule has 1 aromatic rings. The van der Waals surface area contributed by atoms with Gasteiger partial charge >= 0.3 is 0 Å². The molecular formula is C18H35N5. The lowest BCUT2D eigenvalue weighted by atomic mass is 10.2. The summed E-state index contributed by atoms with van der Waals surface area (Å²) in [6, 6.07) is 5.33. The van der Waals surface area contributed by atoms with E-state index in [1.54, 1.807) is 0 Å². The van der Waals surface area contributed by atoms with Crippen molar-refractivity contribution in [3.63, 3.8) is 0 Å². The molecule has 132 valence electrons. The van der Waals surface area contributed by atoms with Crippen molar-refractivity contribution in [2.24, 2.45) is 12.0 Å². The van der Waals surface area contributed by atoms with Crippen LogP contribution in [0, 0.1) is 0 Å². The summed E-state index contributed by atoms with van der Waals surface area (Å²) in [5.41, 5.74) is 1.28. The van der Waals surface area contributed by atoms with Crippen LogP contribution in [0.5, 0.6) is 0 Å². The normalized spacial score (nSPS) is 12.5. The topological polar surface area (TPSA) is 35.8 Å². The zero-order chi connectivity index (χ0) is 17.4. The number of aliphatic imine (C=N–C) groups is 1. The van der Waals surface area contributed by atoms with E-state index in [9.17, 15) is 0 Å². The smallest absolute Gasteiger partial charge is 0.194 e. The van der Waals surface area contributed by atoms with Gasteiger partial charge in [-0.15, -0.1) is 0 Å². The molecule has 0 unspecified atom stereocenters. The summed E-state index contributed by atoms with van der Waals surface area (Å²) >= 11 is 0. The average Bonchev–Trinajstić information content (AvgIpc) is 2.86. The number of hydrogen-bond donors (Lipinski definition) is 1. The quantitative estimate of drug-likeness (QED) is 0.590. The van der Waals surface area contributed by atoms with Crippen molar-refractivity contribution in [2.75, 3.05) is 26.7 Å². The predicted molar refractivity (Wildman–Crippen MR) is 99.8 cm³/mol. The van der Waals surface area contributed by atoms with Gasteiger partial charge in [-0.05, 0) is 46.8 Å². The third-order valence-corrected chi connectivity index (χ3v) is 4.09. The molecule has 0 aliphatic heterocycles. The van der Waals surface area contributed by atoms with Crippen LogP contribution in [0.4, 0.5) is 0 Å². The second-order valence-electron chi connectivity index (χ2n) is 6.63. The van der Waals surface area contributed by atoms with Gasteiger partial charge in [-0.1, -0.05) is 0 Å². The van der Waals surface area contributed by atoms with Crippen LogP contribution in [-0.2, 0) is 13.6 Å². The van der Waals surface area contributed by atoms with E-state index in [0.717, 1.165) is 32.1 Å². The summed E-state index contributed by atoms with van der Waals surface area (Å²) in [5.74, 6) is 0.973. The van der Waals surface area contributed by atoms with E-state index in [4.69, 9.17) is 4.99 Å². The van der Waals surface area contributed by atoms with Crippen LogP contribution in [0.1, 0.15) is 40.3 Å². The highest BCUT2D eigenvalue weighted by Crippen LogP contribution is 2.06. The van der Waals surface area contributed by atoms with Crippen LogP contribution in [-0.4, -0.2) is 59.1 Å². The van der Waals surface area contributed by atoms with Gasteiger partial charge in [-0.2, -0.15) is 0 Å². The summed E-state index contributed by atoms with van der Waals surface area (Å²) in [6.45, 7) is 14.6. The molecule has 1 heterocycles. The van der Waals surface area contributed by atoms with E-state index in [-0.39, 0.29) is 0 Å². The maximum atomic E-state index is 4.81. The van der Waals surface area contributed by atoms with Crippen LogP contribution < -0.4 is 5.32 Å². The molecule has 0 aliphatic rings. The third kappa shape index (κ3) is 6.26. The van der Waals surface area contributed by atoms with Gasteiger partial charge in [-0.25, -0.2) is 0 Å². The van der Waals surface area contributed by atoms with Crippen molar-refractivity contribution < 1.29 is 0 Å². The van der Waals surface area contributed by atoms with Gasteiger partial charge in [0.05, 0.1) is 13.1 Å². The van der Waals surface area contributed by atoms with Crippen molar-refractivity contribution in [3.05, 3.63) is 24.0 Å². The number of aryl methyl sites for hydroxylation is 1. The molecule has 1 N–H and O–H groups in total. The summed E-state index contributed by atoms with van der Waals surface area (Å²) < 4.78 is 2.15. The van der Waals surface area contributed by atoms with Crippen LogP contribution >= 0.6 is 0 Å². The molecule has 0 saturated heterocycles. The first-order valence-electron chi connectivity index (χ1n) is 8.72. The summed E-state index contributed by atoms with van der Waals surface area (Å²) in [4.78, 5) is 9.47. The number of nitrogens with zero attached hydrogens (tertiary/aromatic N) is 4. The van der Waals surface area contributed by atoms with Crippen molar-refractivity contribution in [2.45, 2.75) is 53.2 Å². The molecule has 0 atom stereocenters. The van der Waals surface area contributed by atoms with Crippen molar-refractivity contribution >= 4 is 5.96 Å². The molecule has 0 aliphatic carbocycles.